The monoisotopic (exact) mass is 334 g/mol. The number of thioether (sulfide) groups is 1. The first-order chi connectivity index (χ1) is 9.36. The van der Waals surface area contributed by atoms with Crippen molar-refractivity contribution in [1.29, 1.82) is 0 Å². The molecule has 1 unspecified atom stereocenters. The van der Waals surface area contributed by atoms with Gasteiger partial charge in [-0.15, -0.1) is 0 Å². The second-order valence-electron chi connectivity index (χ2n) is 5.18. The SMILES string of the molecule is CC1(CNS(=O)(=O)c2ccc(Cl)c(CN)c2)CCCS1. The maximum absolute atomic E-state index is 12.3. The molecule has 0 radical (unpaired) electrons. The van der Waals surface area contributed by atoms with E-state index >= 15 is 0 Å². The van der Waals surface area contributed by atoms with Crippen LogP contribution >= 0.6 is 23.4 Å². The highest BCUT2D eigenvalue weighted by Crippen LogP contribution is 2.37. The minimum Gasteiger partial charge on any atom is -0.326 e. The molecule has 0 aromatic heterocycles. The highest BCUT2D eigenvalue weighted by Gasteiger charge is 2.31. The van der Waals surface area contributed by atoms with Crippen LogP contribution in [0.2, 0.25) is 5.02 Å². The first-order valence-electron chi connectivity index (χ1n) is 6.48. The average Bonchev–Trinajstić information content (AvgIpc) is 2.85. The van der Waals surface area contributed by atoms with Crippen LogP contribution in [0, 0.1) is 0 Å². The molecule has 4 nitrogen and oxygen atoms in total. The summed E-state index contributed by atoms with van der Waals surface area (Å²) in [6, 6.07) is 4.62. The van der Waals surface area contributed by atoms with E-state index < -0.39 is 10.0 Å². The van der Waals surface area contributed by atoms with E-state index in [-0.39, 0.29) is 16.2 Å². The van der Waals surface area contributed by atoms with E-state index in [9.17, 15) is 8.42 Å². The number of hydrogen-bond acceptors (Lipinski definition) is 4. The molecular weight excluding hydrogens is 316 g/mol. The van der Waals surface area contributed by atoms with Gasteiger partial charge in [0.1, 0.15) is 0 Å². The van der Waals surface area contributed by atoms with Gasteiger partial charge in [-0.1, -0.05) is 11.6 Å². The molecule has 1 heterocycles. The molecule has 1 aromatic rings. The fourth-order valence-corrected chi connectivity index (χ4v) is 4.93. The topological polar surface area (TPSA) is 72.2 Å². The second-order valence-corrected chi connectivity index (χ2v) is 9.04. The van der Waals surface area contributed by atoms with Crippen molar-refractivity contribution in [2.75, 3.05) is 12.3 Å². The first-order valence-corrected chi connectivity index (χ1v) is 9.33. The number of hydrogen-bond donors (Lipinski definition) is 2. The van der Waals surface area contributed by atoms with Gasteiger partial charge >= 0.3 is 0 Å². The molecule has 1 aliphatic heterocycles. The molecule has 7 heteroatoms. The van der Waals surface area contributed by atoms with Crippen molar-refractivity contribution in [3.05, 3.63) is 28.8 Å². The molecule has 112 valence electrons. The quantitative estimate of drug-likeness (QED) is 0.867. The van der Waals surface area contributed by atoms with Gasteiger partial charge in [-0.3, -0.25) is 0 Å². The van der Waals surface area contributed by atoms with Gasteiger partial charge < -0.3 is 5.73 Å². The van der Waals surface area contributed by atoms with Crippen molar-refractivity contribution in [2.24, 2.45) is 5.73 Å². The molecule has 1 aromatic carbocycles. The predicted octanol–water partition coefficient (Wildman–Crippen LogP) is 2.36. The van der Waals surface area contributed by atoms with E-state index in [2.05, 4.69) is 11.6 Å². The van der Waals surface area contributed by atoms with Crippen LogP contribution in [0.25, 0.3) is 0 Å². The number of nitrogens with two attached hydrogens (primary N) is 1. The van der Waals surface area contributed by atoms with E-state index in [1.165, 1.54) is 12.1 Å². The molecule has 0 amide bonds. The molecule has 3 N–H and O–H groups in total. The standard InChI is InChI=1S/C13H19ClN2O2S2/c1-13(5-2-6-19-13)9-16-20(17,18)11-3-4-12(14)10(7-11)8-15/h3-4,7,16H,2,5-6,8-9,15H2,1H3. The van der Waals surface area contributed by atoms with Crippen molar-refractivity contribution in [3.63, 3.8) is 0 Å². The van der Waals surface area contributed by atoms with Crippen LogP contribution in [0.3, 0.4) is 0 Å². The van der Waals surface area contributed by atoms with Gasteiger partial charge in [0.25, 0.3) is 0 Å². The van der Waals surface area contributed by atoms with Gasteiger partial charge in [-0.05, 0) is 49.3 Å². The second kappa shape index (κ2) is 6.23. The summed E-state index contributed by atoms with van der Waals surface area (Å²) in [5.41, 5.74) is 6.19. The van der Waals surface area contributed by atoms with Crippen molar-refractivity contribution < 1.29 is 8.42 Å². The largest absolute Gasteiger partial charge is 0.326 e. The Morgan fingerprint density at radius 1 is 1.50 bits per heavy atom. The molecule has 0 bridgehead atoms. The zero-order valence-electron chi connectivity index (χ0n) is 11.4. The summed E-state index contributed by atoms with van der Waals surface area (Å²) in [6.07, 6.45) is 2.18. The molecule has 2 rings (SSSR count). The summed E-state index contributed by atoms with van der Waals surface area (Å²) in [7, 11) is -3.51. The summed E-state index contributed by atoms with van der Waals surface area (Å²) in [4.78, 5) is 0.217. The van der Waals surface area contributed by atoms with Crippen molar-refractivity contribution in [2.45, 2.75) is 36.0 Å². The molecular formula is C13H19ClN2O2S2. The molecule has 1 atom stereocenters. The van der Waals surface area contributed by atoms with Crippen LogP contribution in [0.15, 0.2) is 23.1 Å². The zero-order chi connectivity index (χ0) is 14.8. The van der Waals surface area contributed by atoms with E-state index in [1.54, 1.807) is 6.07 Å². The number of nitrogens with one attached hydrogen (secondary N) is 1. The van der Waals surface area contributed by atoms with Crippen LogP contribution in [-0.4, -0.2) is 25.5 Å². The first kappa shape index (κ1) is 16.1. The number of benzene rings is 1. The van der Waals surface area contributed by atoms with Gasteiger partial charge in [0.05, 0.1) is 4.90 Å². The van der Waals surface area contributed by atoms with E-state index in [1.807, 2.05) is 11.8 Å². The Balaban J connectivity index is 2.14. The maximum Gasteiger partial charge on any atom is 0.240 e. The molecule has 0 spiro atoms. The van der Waals surface area contributed by atoms with Crippen LogP contribution in [-0.2, 0) is 16.6 Å². The van der Waals surface area contributed by atoms with E-state index in [0.29, 0.717) is 17.1 Å². The van der Waals surface area contributed by atoms with Crippen molar-refractivity contribution in [1.82, 2.24) is 4.72 Å². The number of sulfonamides is 1. The highest BCUT2D eigenvalue weighted by atomic mass is 35.5. The van der Waals surface area contributed by atoms with Crippen LogP contribution in [0.4, 0.5) is 0 Å². The Bertz CT molecular complexity index is 584. The summed E-state index contributed by atoms with van der Waals surface area (Å²) in [6.45, 7) is 2.76. The molecule has 0 saturated carbocycles. The third kappa shape index (κ3) is 3.68. The van der Waals surface area contributed by atoms with Crippen LogP contribution in [0.5, 0.6) is 0 Å². The number of halogens is 1. The lowest BCUT2D eigenvalue weighted by molar-refractivity contribution is 0.552. The van der Waals surface area contributed by atoms with Crippen molar-refractivity contribution in [3.8, 4) is 0 Å². The Hall–Kier alpha value is -0.270. The smallest absolute Gasteiger partial charge is 0.240 e. The number of rotatable bonds is 5. The fourth-order valence-electron chi connectivity index (χ4n) is 2.18. The Morgan fingerprint density at radius 2 is 2.25 bits per heavy atom. The predicted molar refractivity (Wildman–Crippen MR) is 84.6 cm³/mol. The summed E-state index contributed by atoms with van der Waals surface area (Å²) in [5.74, 6) is 1.09. The Labute approximate surface area is 129 Å². The highest BCUT2D eigenvalue weighted by molar-refractivity contribution is 8.01. The fraction of sp³-hybridized carbons (Fsp3) is 0.538. The van der Waals surface area contributed by atoms with Gasteiger partial charge in [0, 0.05) is 22.9 Å². The minimum atomic E-state index is -3.51. The molecule has 1 aliphatic rings. The zero-order valence-corrected chi connectivity index (χ0v) is 13.7. The minimum absolute atomic E-state index is 0.00378. The molecule has 1 saturated heterocycles. The third-order valence-corrected chi connectivity index (χ3v) is 6.79. The lowest BCUT2D eigenvalue weighted by Gasteiger charge is -2.22. The summed E-state index contributed by atoms with van der Waals surface area (Å²) >= 11 is 7.77. The third-order valence-electron chi connectivity index (χ3n) is 3.48. The van der Waals surface area contributed by atoms with E-state index in [4.69, 9.17) is 17.3 Å². The summed E-state index contributed by atoms with van der Waals surface area (Å²) in [5, 5.41) is 0.491. The lowest BCUT2D eigenvalue weighted by atomic mass is 10.1. The van der Waals surface area contributed by atoms with Gasteiger partial charge in [-0.25, -0.2) is 13.1 Å². The van der Waals surface area contributed by atoms with Gasteiger partial charge in [0.2, 0.25) is 10.0 Å². The average molecular weight is 335 g/mol. The Morgan fingerprint density at radius 3 is 2.85 bits per heavy atom. The van der Waals surface area contributed by atoms with Gasteiger partial charge in [0.15, 0.2) is 0 Å². The normalized spacial score (nSPS) is 23.1. The van der Waals surface area contributed by atoms with E-state index in [0.717, 1.165) is 18.6 Å². The van der Waals surface area contributed by atoms with Crippen LogP contribution < -0.4 is 10.5 Å². The lowest BCUT2D eigenvalue weighted by Crippen LogP contribution is -2.36. The molecule has 0 aliphatic carbocycles. The van der Waals surface area contributed by atoms with Crippen molar-refractivity contribution >= 4 is 33.4 Å². The maximum atomic E-state index is 12.3. The van der Waals surface area contributed by atoms with Gasteiger partial charge in [-0.2, -0.15) is 11.8 Å². The van der Waals surface area contributed by atoms with Crippen LogP contribution in [0.1, 0.15) is 25.3 Å². The Kier molecular flexibility index (Phi) is 5.02. The molecule has 20 heavy (non-hydrogen) atoms. The summed E-state index contributed by atoms with van der Waals surface area (Å²) < 4.78 is 27.3. The molecule has 1 fully saturated rings.